The molecule has 0 radical (unpaired) electrons. The molecule has 214 valence electrons. The quantitative estimate of drug-likeness (QED) is 0.377. The van der Waals surface area contributed by atoms with Gasteiger partial charge < -0.3 is 14.4 Å². The van der Waals surface area contributed by atoms with E-state index in [2.05, 4.69) is 70.0 Å². The molecule has 1 spiro atoms. The molecular formula is C35H45NO4. The van der Waals surface area contributed by atoms with Gasteiger partial charge in [0.15, 0.2) is 0 Å². The van der Waals surface area contributed by atoms with Crippen LogP contribution in [-0.2, 0) is 36.4 Å². The highest BCUT2D eigenvalue weighted by molar-refractivity contribution is 5.96. The largest absolute Gasteiger partial charge is 0.465 e. The van der Waals surface area contributed by atoms with Crippen molar-refractivity contribution < 1.29 is 19.1 Å². The summed E-state index contributed by atoms with van der Waals surface area (Å²) < 4.78 is 11.9. The number of hydrogen-bond acceptors (Lipinski definition) is 5. The van der Waals surface area contributed by atoms with Crippen LogP contribution in [0.1, 0.15) is 85.4 Å². The molecule has 3 atom stereocenters. The minimum absolute atomic E-state index is 0.168. The van der Waals surface area contributed by atoms with Crippen LogP contribution in [0.15, 0.2) is 41.6 Å². The Morgan fingerprint density at radius 3 is 2.12 bits per heavy atom. The highest BCUT2D eigenvalue weighted by Crippen LogP contribution is 2.66. The van der Waals surface area contributed by atoms with Gasteiger partial charge >= 0.3 is 11.9 Å². The van der Waals surface area contributed by atoms with E-state index in [1.54, 1.807) is 0 Å². The number of nitrogens with zero attached hydrogens (tertiary/aromatic N) is 1. The zero-order valence-corrected chi connectivity index (χ0v) is 25.6. The number of carbonyl (C=O) groups is 2. The van der Waals surface area contributed by atoms with Crippen LogP contribution in [-0.4, -0.2) is 37.1 Å². The molecule has 1 heterocycles. The average molecular weight is 544 g/mol. The van der Waals surface area contributed by atoms with Crippen LogP contribution in [0.2, 0.25) is 0 Å². The summed E-state index contributed by atoms with van der Waals surface area (Å²) in [7, 11) is 2.06. The Morgan fingerprint density at radius 2 is 1.50 bits per heavy atom. The van der Waals surface area contributed by atoms with E-state index in [0.29, 0.717) is 18.6 Å². The molecule has 5 heteroatoms. The van der Waals surface area contributed by atoms with Gasteiger partial charge in [0.2, 0.25) is 0 Å². The van der Waals surface area contributed by atoms with Crippen LogP contribution in [0, 0.1) is 39.5 Å². The Kier molecular flexibility index (Phi) is 7.39. The molecule has 2 aromatic rings. The Balaban J connectivity index is 1.96. The van der Waals surface area contributed by atoms with E-state index in [0.717, 1.165) is 42.5 Å². The highest BCUT2D eigenvalue weighted by atomic mass is 16.5. The maximum absolute atomic E-state index is 15.0. The molecule has 0 bridgehead atoms. The predicted octanol–water partition coefficient (Wildman–Crippen LogP) is 6.76. The Labute approximate surface area is 239 Å². The highest BCUT2D eigenvalue weighted by Gasteiger charge is 2.73. The third-order valence-electron chi connectivity index (χ3n) is 10.4. The number of esters is 2. The predicted molar refractivity (Wildman–Crippen MR) is 158 cm³/mol. The van der Waals surface area contributed by atoms with Crippen LogP contribution in [0.5, 0.6) is 0 Å². The smallest absolute Gasteiger partial charge is 0.336 e. The van der Waals surface area contributed by atoms with E-state index in [-0.39, 0.29) is 30.4 Å². The molecule has 2 aliphatic carbocycles. The molecular weight excluding hydrogens is 498 g/mol. The Hall–Kier alpha value is -3.08. The zero-order valence-electron chi connectivity index (χ0n) is 25.6. The first-order valence-corrected chi connectivity index (χ1v) is 15.0. The van der Waals surface area contributed by atoms with Crippen LogP contribution >= 0.6 is 0 Å². The Morgan fingerprint density at radius 1 is 0.875 bits per heavy atom. The molecule has 5 nitrogen and oxygen atoms in total. The fraction of sp³-hybridized carbons (Fsp3) is 0.543. The van der Waals surface area contributed by atoms with E-state index >= 15 is 4.79 Å². The minimum Gasteiger partial charge on any atom is -0.465 e. The third-order valence-corrected chi connectivity index (χ3v) is 10.4. The van der Waals surface area contributed by atoms with Crippen LogP contribution in [0.25, 0.3) is 0 Å². The number of rotatable bonds is 6. The molecule has 1 fully saturated rings. The topological polar surface area (TPSA) is 55.8 Å². The number of aryl methyl sites for hydroxylation is 4. The number of benzene rings is 2. The minimum atomic E-state index is -1.12. The van der Waals surface area contributed by atoms with Crippen LogP contribution in [0.3, 0.4) is 0 Å². The lowest BCUT2D eigenvalue weighted by Gasteiger charge is -2.66. The molecule has 5 rings (SSSR count). The van der Waals surface area contributed by atoms with Crippen LogP contribution in [0.4, 0.5) is 0 Å². The average Bonchev–Trinajstić information content (AvgIpc) is 3.44. The number of allylic oxidation sites excluding steroid dienone is 1. The molecule has 0 saturated heterocycles. The molecule has 0 amide bonds. The summed E-state index contributed by atoms with van der Waals surface area (Å²) in [5.41, 5.74) is 7.89. The SMILES string of the molecule is CCOC(=O)C1=C(C)N(C)[C@]2(Cc3cc(C)c(C)cc32)[C@](C(=O)OCC)(c2ccc(C)c(C)c2)[C@H]1C1CCCC1. The zero-order chi connectivity index (χ0) is 29.0. The van der Waals surface area contributed by atoms with Crippen molar-refractivity contribution in [1.82, 2.24) is 4.90 Å². The van der Waals surface area contributed by atoms with Crippen molar-refractivity contribution in [3.8, 4) is 0 Å². The third kappa shape index (κ3) is 3.79. The van der Waals surface area contributed by atoms with Crippen molar-refractivity contribution in [3.63, 3.8) is 0 Å². The van der Waals surface area contributed by atoms with Gasteiger partial charge in [0.05, 0.1) is 24.3 Å². The van der Waals surface area contributed by atoms with Crippen molar-refractivity contribution in [2.45, 2.75) is 91.5 Å². The number of ether oxygens (including phenoxy) is 2. The second-order valence-electron chi connectivity index (χ2n) is 12.3. The van der Waals surface area contributed by atoms with Gasteiger partial charge in [-0.05, 0) is 106 Å². The van der Waals surface area contributed by atoms with Gasteiger partial charge in [-0.15, -0.1) is 0 Å². The molecule has 1 aliphatic heterocycles. The van der Waals surface area contributed by atoms with E-state index in [1.165, 1.54) is 27.8 Å². The fourth-order valence-electron chi connectivity index (χ4n) is 8.18. The lowest BCUT2D eigenvalue weighted by atomic mass is 9.44. The van der Waals surface area contributed by atoms with Gasteiger partial charge in [0.1, 0.15) is 5.41 Å². The summed E-state index contributed by atoms with van der Waals surface area (Å²) in [5.74, 6) is -0.737. The van der Waals surface area contributed by atoms with Gasteiger partial charge in [-0.25, -0.2) is 4.79 Å². The summed E-state index contributed by atoms with van der Waals surface area (Å²) in [5, 5.41) is 0. The number of likely N-dealkylation sites (N-methyl/N-ethyl adjacent to an activating group) is 1. The Bertz CT molecular complexity index is 1380. The van der Waals surface area contributed by atoms with E-state index in [1.807, 2.05) is 20.8 Å². The maximum Gasteiger partial charge on any atom is 0.336 e. The molecule has 1 saturated carbocycles. The molecule has 0 N–H and O–H groups in total. The van der Waals surface area contributed by atoms with E-state index in [4.69, 9.17) is 9.47 Å². The van der Waals surface area contributed by atoms with Gasteiger partial charge in [-0.1, -0.05) is 43.2 Å². The molecule has 40 heavy (non-hydrogen) atoms. The van der Waals surface area contributed by atoms with Gasteiger partial charge in [0, 0.05) is 25.1 Å². The maximum atomic E-state index is 15.0. The van der Waals surface area contributed by atoms with Gasteiger partial charge in [-0.3, -0.25) is 4.79 Å². The van der Waals surface area contributed by atoms with Gasteiger partial charge in [-0.2, -0.15) is 0 Å². The fourth-order valence-corrected chi connectivity index (χ4v) is 8.18. The lowest BCUT2D eigenvalue weighted by molar-refractivity contribution is -0.168. The number of fused-ring (bicyclic) bond motifs is 2. The van der Waals surface area contributed by atoms with Crippen molar-refractivity contribution in [2.75, 3.05) is 20.3 Å². The standard InChI is InChI=1S/C35H45NO4/c1-9-39-32(37)30-25(7)36(8)34(20-27-17-22(4)24(6)19-29(27)34)35(33(38)40-10-2,31(30)26-13-11-12-14-26)28-16-15-21(3)23(5)18-28/h15-19,26,31H,9-14,20H2,1-8H3/t31-,34-,35+/m0/s1. The first-order chi connectivity index (χ1) is 19.1. The van der Waals surface area contributed by atoms with Crippen molar-refractivity contribution in [3.05, 3.63) is 80.5 Å². The summed E-state index contributed by atoms with van der Waals surface area (Å²) in [4.78, 5) is 31.2. The second-order valence-corrected chi connectivity index (χ2v) is 12.3. The number of carbonyl (C=O) groups excluding carboxylic acids is 2. The normalized spacial score (nSPS) is 26.1. The molecule has 3 aliphatic rings. The van der Waals surface area contributed by atoms with E-state index in [9.17, 15) is 4.79 Å². The molecule has 2 aromatic carbocycles. The molecule has 0 aromatic heterocycles. The van der Waals surface area contributed by atoms with Crippen molar-refractivity contribution in [2.24, 2.45) is 11.8 Å². The lowest BCUT2D eigenvalue weighted by Crippen LogP contribution is -2.73. The first-order valence-electron chi connectivity index (χ1n) is 15.0. The summed E-state index contributed by atoms with van der Waals surface area (Å²) in [6.45, 7) is 14.9. The van der Waals surface area contributed by atoms with Gasteiger partial charge in [0.25, 0.3) is 0 Å². The van der Waals surface area contributed by atoms with Crippen LogP contribution < -0.4 is 0 Å². The second kappa shape index (κ2) is 10.4. The summed E-state index contributed by atoms with van der Waals surface area (Å²) in [6, 6.07) is 11.0. The summed E-state index contributed by atoms with van der Waals surface area (Å²) in [6.07, 6.45) is 4.86. The monoisotopic (exact) mass is 543 g/mol. The first kappa shape index (κ1) is 28.4. The van der Waals surface area contributed by atoms with Crippen molar-refractivity contribution in [1.29, 1.82) is 0 Å². The summed E-state index contributed by atoms with van der Waals surface area (Å²) >= 11 is 0. The number of hydrogen-bond donors (Lipinski definition) is 0. The van der Waals surface area contributed by atoms with E-state index < -0.39 is 11.0 Å². The van der Waals surface area contributed by atoms with Crippen molar-refractivity contribution >= 4 is 11.9 Å². The molecule has 0 unspecified atom stereocenters.